The predicted octanol–water partition coefficient (Wildman–Crippen LogP) is 2.27. The van der Waals surface area contributed by atoms with Gasteiger partial charge in [0.05, 0.1) is 6.20 Å². The summed E-state index contributed by atoms with van der Waals surface area (Å²) in [6, 6.07) is 1.57. The van der Waals surface area contributed by atoms with Crippen LogP contribution in [0.5, 0.6) is 0 Å². The van der Waals surface area contributed by atoms with E-state index in [4.69, 9.17) is 5.73 Å². The van der Waals surface area contributed by atoms with Gasteiger partial charge >= 0.3 is 0 Å². The lowest BCUT2D eigenvalue weighted by Gasteiger charge is -2.21. The summed E-state index contributed by atoms with van der Waals surface area (Å²) in [6.07, 6.45) is 6.63. The van der Waals surface area contributed by atoms with Crippen LogP contribution in [0.3, 0.4) is 0 Å². The first kappa shape index (κ1) is 9.28. The topological polar surface area (TPSA) is 38.9 Å². The minimum atomic E-state index is -0.259. The molecule has 2 N–H and O–H groups in total. The molecule has 2 aliphatic carbocycles. The molecular weight excluding hydrogens is 191 g/mol. The molecule has 3 rings (SSSR count). The largest absolute Gasteiger partial charge is 0.324 e. The summed E-state index contributed by atoms with van der Waals surface area (Å²) in [4.78, 5) is 3.75. The van der Waals surface area contributed by atoms with Gasteiger partial charge in [0.1, 0.15) is 5.82 Å². The Morgan fingerprint density at radius 1 is 1.33 bits per heavy atom. The van der Waals surface area contributed by atoms with Crippen molar-refractivity contribution >= 4 is 0 Å². The van der Waals surface area contributed by atoms with Crippen molar-refractivity contribution in [1.29, 1.82) is 0 Å². The number of fused-ring (bicyclic) bond motifs is 1. The monoisotopic (exact) mass is 206 g/mol. The van der Waals surface area contributed by atoms with E-state index in [1.54, 1.807) is 12.3 Å². The van der Waals surface area contributed by atoms with E-state index in [-0.39, 0.29) is 11.9 Å². The summed E-state index contributed by atoms with van der Waals surface area (Å²) in [5.74, 6) is 2.01. The van der Waals surface area contributed by atoms with Crippen LogP contribution in [0.1, 0.15) is 30.9 Å². The lowest BCUT2D eigenvalue weighted by molar-refractivity contribution is 0.392. The molecule has 0 saturated heterocycles. The second kappa shape index (κ2) is 3.27. The fourth-order valence-corrected chi connectivity index (χ4v) is 2.97. The van der Waals surface area contributed by atoms with Gasteiger partial charge in [-0.15, -0.1) is 0 Å². The average molecular weight is 206 g/mol. The minimum absolute atomic E-state index is 0.138. The molecule has 80 valence electrons. The van der Waals surface area contributed by atoms with E-state index in [2.05, 4.69) is 4.98 Å². The smallest absolute Gasteiger partial charge is 0.146 e. The van der Waals surface area contributed by atoms with E-state index in [0.717, 1.165) is 11.8 Å². The van der Waals surface area contributed by atoms with E-state index in [9.17, 15) is 4.39 Å². The van der Waals surface area contributed by atoms with Crippen molar-refractivity contribution in [3.63, 3.8) is 0 Å². The maximum Gasteiger partial charge on any atom is 0.146 e. The number of pyridine rings is 1. The molecule has 2 nitrogen and oxygen atoms in total. The Kier molecular flexibility index (Phi) is 2.02. The molecule has 0 amide bonds. The Morgan fingerprint density at radius 3 is 2.73 bits per heavy atom. The Bertz CT molecular complexity index is 370. The van der Waals surface area contributed by atoms with Crippen molar-refractivity contribution in [2.45, 2.75) is 25.3 Å². The van der Waals surface area contributed by atoms with Crippen LogP contribution in [0.25, 0.3) is 0 Å². The highest BCUT2D eigenvalue weighted by molar-refractivity contribution is 5.19. The molecule has 2 fully saturated rings. The van der Waals surface area contributed by atoms with E-state index in [1.165, 1.54) is 25.5 Å². The second-order valence-electron chi connectivity index (χ2n) is 4.91. The number of nitrogens with zero attached hydrogens (tertiary/aromatic N) is 1. The van der Waals surface area contributed by atoms with Gasteiger partial charge in [-0.2, -0.15) is 0 Å². The predicted molar refractivity (Wildman–Crippen MR) is 55.4 cm³/mol. The fourth-order valence-electron chi connectivity index (χ4n) is 2.97. The van der Waals surface area contributed by atoms with Gasteiger partial charge in [-0.25, -0.2) is 4.39 Å². The van der Waals surface area contributed by atoms with Gasteiger partial charge in [0.15, 0.2) is 0 Å². The number of rotatable bonds is 2. The molecule has 1 aromatic heterocycles. The molecule has 3 heteroatoms. The molecule has 0 aromatic carbocycles. The van der Waals surface area contributed by atoms with Crippen LogP contribution in [-0.4, -0.2) is 4.98 Å². The average Bonchev–Trinajstić information content (AvgIpc) is 2.86. The summed E-state index contributed by atoms with van der Waals surface area (Å²) in [7, 11) is 0. The quantitative estimate of drug-likeness (QED) is 0.806. The van der Waals surface area contributed by atoms with Gasteiger partial charge in [-0.1, -0.05) is 0 Å². The fraction of sp³-hybridized carbons (Fsp3) is 0.583. The summed E-state index contributed by atoms with van der Waals surface area (Å²) in [5.41, 5.74) is 6.75. The second-order valence-corrected chi connectivity index (χ2v) is 4.91. The lowest BCUT2D eigenvalue weighted by Crippen LogP contribution is -2.21. The highest BCUT2D eigenvalue weighted by atomic mass is 19.1. The van der Waals surface area contributed by atoms with E-state index < -0.39 is 0 Å². The molecule has 3 unspecified atom stereocenters. The summed E-state index contributed by atoms with van der Waals surface area (Å²) < 4.78 is 13.5. The van der Waals surface area contributed by atoms with Crippen LogP contribution < -0.4 is 5.73 Å². The number of aromatic nitrogens is 1. The van der Waals surface area contributed by atoms with Crippen LogP contribution in [-0.2, 0) is 0 Å². The Hall–Kier alpha value is -0.960. The van der Waals surface area contributed by atoms with E-state index >= 15 is 0 Å². The number of hydrogen-bond acceptors (Lipinski definition) is 2. The van der Waals surface area contributed by atoms with Gasteiger partial charge in [0.2, 0.25) is 0 Å². The SMILES string of the molecule is NC(c1ccncc1F)C1CC2CC2C1. The third-order valence-corrected chi connectivity index (χ3v) is 3.95. The molecule has 0 radical (unpaired) electrons. The van der Waals surface area contributed by atoms with Crippen molar-refractivity contribution in [2.24, 2.45) is 23.5 Å². The van der Waals surface area contributed by atoms with Crippen molar-refractivity contribution < 1.29 is 4.39 Å². The van der Waals surface area contributed by atoms with Gasteiger partial charge in [-0.05, 0) is 43.1 Å². The van der Waals surface area contributed by atoms with E-state index in [0.29, 0.717) is 11.5 Å². The van der Waals surface area contributed by atoms with Crippen LogP contribution in [0.15, 0.2) is 18.5 Å². The molecule has 2 aliphatic rings. The summed E-state index contributed by atoms with van der Waals surface area (Å²) in [6.45, 7) is 0. The Labute approximate surface area is 88.7 Å². The van der Waals surface area contributed by atoms with Crippen LogP contribution >= 0.6 is 0 Å². The lowest BCUT2D eigenvalue weighted by atomic mass is 9.90. The van der Waals surface area contributed by atoms with Gasteiger partial charge < -0.3 is 5.73 Å². The minimum Gasteiger partial charge on any atom is -0.324 e. The van der Waals surface area contributed by atoms with Crippen molar-refractivity contribution in [3.8, 4) is 0 Å². The Morgan fingerprint density at radius 2 is 2.07 bits per heavy atom. The van der Waals surface area contributed by atoms with Crippen molar-refractivity contribution in [3.05, 3.63) is 29.8 Å². The van der Waals surface area contributed by atoms with Gasteiger partial charge in [-0.3, -0.25) is 4.98 Å². The number of hydrogen-bond donors (Lipinski definition) is 1. The molecule has 3 atom stereocenters. The van der Waals surface area contributed by atoms with Crippen LogP contribution in [0, 0.1) is 23.6 Å². The highest BCUT2D eigenvalue weighted by Crippen LogP contribution is 2.56. The zero-order chi connectivity index (χ0) is 10.4. The third kappa shape index (κ3) is 1.55. The molecule has 15 heavy (non-hydrogen) atoms. The molecule has 1 aromatic rings. The van der Waals surface area contributed by atoms with Crippen LogP contribution in [0.4, 0.5) is 4.39 Å². The summed E-state index contributed by atoms with van der Waals surface area (Å²) in [5, 5.41) is 0. The zero-order valence-corrected chi connectivity index (χ0v) is 8.57. The van der Waals surface area contributed by atoms with Crippen molar-refractivity contribution in [1.82, 2.24) is 4.98 Å². The zero-order valence-electron chi connectivity index (χ0n) is 8.57. The molecule has 0 spiro atoms. The standard InChI is InChI=1S/C12H15FN2/c13-11-6-15-2-1-10(11)12(14)9-4-7-3-8(7)5-9/h1-2,6-9,12H,3-5,14H2. The molecule has 0 aliphatic heterocycles. The number of nitrogens with two attached hydrogens (primary N) is 1. The maximum atomic E-state index is 13.5. The van der Waals surface area contributed by atoms with Gasteiger partial charge in [0.25, 0.3) is 0 Å². The maximum absolute atomic E-state index is 13.5. The highest BCUT2D eigenvalue weighted by Gasteiger charge is 2.47. The normalized spacial score (nSPS) is 34.9. The van der Waals surface area contributed by atoms with Crippen molar-refractivity contribution in [2.75, 3.05) is 0 Å². The first-order valence-electron chi connectivity index (χ1n) is 5.60. The molecule has 2 saturated carbocycles. The number of halogens is 1. The summed E-state index contributed by atoms with van der Waals surface area (Å²) >= 11 is 0. The Balaban J connectivity index is 1.79. The molecular formula is C12H15FN2. The molecule has 0 bridgehead atoms. The van der Waals surface area contributed by atoms with Gasteiger partial charge in [0, 0.05) is 17.8 Å². The third-order valence-electron chi connectivity index (χ3n) is 3.95. The first-order valence-corrected chi connectivity index (χ1v) is 5.60. The van der Waals surface area contributed by atoms with Crippen LogP contribution in [0.2, 0.25) is 0 Å². The van der Waals surface area contributed by atoms with E-state index in [1.807, 2.05) is 0 Å². The molecule has 1 heterocycles. The first-order chi connectivity index (χ1) is 7.25.